The monoisotopic (exact) mass is 291 g/mol. The van der Waals surface area contributed by atoms with E-state index in [4.69, 9.17) is 0 Å². The Bertz CT molecular complexity index is 661. The van der Waals surface area contributed by atoms with Crippen LogP contribution < -0.4 is 5.32 Å². The van der Waals surface area contributed by atoms with Crippen LogP contribution >= 0.6 is 0 Å². The van der Waals surface area contributed by atoms with E-state index in [9.17, 15) is 0 Å². The van der Waals surface area contributed by atoms with Crippen LogP contribution in [0.25, 0.3) is 16.7 Å². The summed E-state index contributed by atoms with van der Waals surface area (Å²) in [6, 6.07) is 15.9. The number of hydrogen-bond donors (Lipinski definition) is 1. The third-order valence-corrected chi connectivity index (χ3v) is 4.73. The van der Waals surface area contributed by atoms with Gasteiger partial charge in [0.2, 0.25) is 0 Å². The maximum atomic E-state index is 4.13. The van der Waals surface area contributed by atoms with Crippen LogP contribution in [0.4, 0.5) is 0 Å². The lowest BCUT2D eigenvalue weighted by Gasteiger charge is -2.12. The molecule has 1 N–H and O–H groups in total. The molecular weight excluding hydrogens is 266 g/mol. The molecule has 22 heavy (non-hydrogen) atoms. The van der Waals surface area contributed by atoms with E-state index in [1.165, 1.54) is 34.2 Å². The van der Waals surface area contributed by atoms with E-state index >= 15 is 0 Å². The average molecular weight is 291 g/mol. The van der Waals surface area contributed by atoms with Crippen molar-refractivity contribution in [1.29, 1.82) is 0 Å². The van der Waals surface area contributed by atoms with Crippen molar-refractivity contribution >= 4 is 5.57 Å². The van der Waals surface area contributed by atoms with Gasteiger partial charge in [0.25, 0.3) is 0 Å². The molecule has 114 valence electrons. The largest absolute Gasteiger partial charge is 0.316 e. The summed E-state index contributed by atoms with van der Waals surface area (Å²) in [7, 11) is 0. The Morgan fingerprint density at radius 3 is 2.45 bits per heavy atom. The molecule has 1 aliphatic heterocycles. The molecule has 1 aliphatic rings. The van der Waals surface area contributed by atoms with E-state index in [2.05, 4.69) is 68.2 Å². The third-order valence-electron chi connectivity index (χ3n) is 4.73. The first-order chi connectivity index (χ1) is 10.7. The van der Waals surface area contributed by atoms with Crippen LogP contribution in [0.3, 0.4) is 0 Å². The lowest BCUT2D eigenvalue weighted by Crippen LogP contribution is -2.07. The Labute approximate surface area is 134 Å². The highest BCUT2D eigenvalue weighted by atomic mass is 14.9. The summed E-state index contributed by atoms with van der Waals surface area (Å²) in [4.78, 5) is 0. The molecule has 0 aromatic heterocycles. The van der Waals surface area contributed by atoms with E-state index in [-0.39, 0.29) is 0 Å². The zero-order chi connectivity index (χ0) is 15.5. The normalized spacial score (nSPS) is 17.6. The molecule has 1 nitrogen and oxygen atoms in total. The first kappa shape index (κ1) is 15.1. The van der Waals surface area contributed by atoms with Gasteiger partial charge in [0.1, 0.15) is 0 Å². The zero-order valence-corrected chi connectivity index (χ0v) is 13.7. The van der Waals surface area contributed by atoms with Gasteiger partial charge < -0.3 is 5.32 Å². The molecule has 0 saturated carbocycles. The molecule has 3 rings (SSSR count). The van der Waals surface area contributed by atoms with Gasteiger partial charge in [-0.3, -0.25) is 0 Å². The van der Waals surface area contributed by atoms with Gasteiger partial charge in [-0.1, -0.05) is 55.5 Å². The SMILES string of the molecule is C=C(C)c1cc(-c2ccc(C3CCNC3)cc2)ccc1CC. The Balaban J connectivity index is 1.90. The van der Waals surface area contributed by atoms with Crippen molar-refractivity contribution in [3.63, 3.8) is 0 Å². The first-order valence-electron chi connectivity index (χ1n) is 8.29. The highest BCUT2D eigenvalue weighted by Crippen LogP contribution is 2.29. The summed E-state index contributed by atoms with van der Waals surface area (Å²) in [5.74, 6) is 0.683. The Hall–Kier alpha value is -1.86. The lowest BCUT2D eigenvalue weighted by atomic mass is 9.92. The molecule has 0 amide bonds. The molecule has 1 heterocycles. The summed E-state index contributed by atoms with van der Waals surface area (Å²) in [6.45, 7) is 10.7. The Morgan fingerprint density at radius 1 is 1.14 bits per heavy atom. The predicted octanol–water partition coefficient (Wildman–Crippen LogP) is 5.03. The molecule has 0 bridgehead atoms. The van der Waals surface area contributed by atoms with Crippen LogP contribution in [0.5, 0.6) is 0 Å². The molecule has 1 unspecified atom stereocenters. The minimum absolute atomic E-state index is 0.683. The standard InChI is InChI=1S/C21H25N/c1-4-16-5-10-19(13-21(16)15(2)3)17-6-8-18(9-7-17)20-11-12-22-14-20/h5-10,13,20,22H,2,4,11-12,14H2,1,3H3. The van der Waals surface area contributed by atoms with Crippen LogP contribution in [0.1, 0.15) is 42.9 Å². The molecule has 1 atom stereocenters. The Morgan fingerprint density at radius 2 is 1.86 bits per heavy atom. The second-order valence-corrected chi connectivity index (χ2v) is 6.32. The highest BCUT2D eigenvalue weighted by Gasteiger charge is 2.16. The van der Waals surface area contributed by atoms with Crippen molar-refractivity contribution in [2.75, 3.05) is 13.1 Å². The second kappa shape index (κ2) is 6.50. The van der Waals surface area contributed by atoms with Crippen molar-refractivity contribution in [3.05, 3.63) is 65.7 Å². The topological polar surface area (TPSA) is 12.0 Å². The number of allylic oxidation sites excluding steroid dienone is 1. The van der Waals surface area contributed by atoms with Gasteiger partial charge in [-0.05, 0) is 66.1 Å². The smallest absolute Gasteiger partial charge is 0.00206 e. The highest BCUT2D eigenvalue weighted by molar-refractivity contribution is 5.73. The number of aryl methyl sites for hydroxylation is 1. The summed E-state index contributed by atoms with van der Waals surface area (Å²) in [5, 5.41) is 3.44. The molecule has 1 fully saturated rings. The van der Waals surface area contributed by atoms with E-state index in [0.29, 0.717) is 5.92 Å². The number of hydrogen-bond acceptors (Lipinski definition) is 1. The predicted molar refractivity (Wildman–Crippen MR) is 96.2 cm³/mol. The van der Waals surface area contributed by atoms with Gasteiger partial charge in [-0.15, -0.1) is 0 Å². The van der Waals surface area contributed by atoms with Gasteiger partial charge >= 0.3 is 0 Å². The van der Waals surface area contributed by atoms with E-state index in [1.807, 2.05) is 0 Å². The Kier molecular flexibility index (Phi) is 4.44. The first-order valence-corrected chi connectivity index (χ1v) is 8.29. The van der Waals surface area contributed by atoms with Crippen molar-refractivity contribution in [2.45, 2.75) is 32.6 Å². The van der Waals surface area contributed by atoms with Gasteiger partial charge in [0.05, 0.1) is 0 Å². The van der Waals surface area contributed by atoms with Gasteiger partial charge in [-0.25, -0.2) is 0 Å². The molecule has 0 aliphatic carbocycles. The zero-order valence-electron chi connectivity index (χ0n) is 13.7. The lowest BCUT2D eigenvalue weighted by molar-refractivity contribution is 0.763. The van der Waals surface area contributed by atoms with Gasteiger partial charge in [0.15, 0.2) is 0 Å². The van der Waals surface area contributed by atoms with Crippen molar-refractivity contribution in [3.8, 4) is 11.1 Å². The van der Waals surface area contributed by atoms with E-state index in [0.717, 1.165) is 25.1 Å². The van der Waals surface area contributed by atoms with Crippen molar-refractivity contribution in [2.24, 2.45) is 0 Å². The average Bonchev–Trinajstić information content (AvgIpc) is 3.09. The molecule has 2 aromatic carbocycles. The fourth-order valence-corrected chi connectivity index (χ4v) is 3.35. The van der Waals surface area contributed by atoms with Gasteiger partial charge in [-0.2, -0.15) is 0 Å². The van der Waals surface area contributed by atoms with Crippen LogP contribution in [0.2, 0.25) is 0 Å². The number of benzene rings is 2. The maximum absolute atomic E-state index is 4.13. The van der Waals surface area contributed by atoms with E-state index in [1.54, 1.807) is 0 Å². The molecule has 1 heteroatoms. The summed E-state index contributed by atoms with van der Waals surface area (Å²) in [5.41, 5.74) is 7.85. The number of nitrogens with one attached hydrogen (secondary N) is 1. The van der Waals surface area contributed by atoms with Crippen LogP contribution in [-0.2, 0) is 6.42 Å². The molecule has 0 radical (unpaired) electrons. The maximum Gasteiger partial charge on any atom is 0.00206 e. The summed E-state index contributed by atoms with van der Waals surface area (Å²) in [6.07, 6.45) is 2.31. The minimum Gasteiger partial charge on any atom is -0.316 e. The fraction of sp³-hybridized carbons (Fsp3) is 0.333. The van der Waals surface area contributed by atoms with E-state index < -0.39 is 0 Å². The quantitative estimate of drug-likeness (QED) is 0.833. The third kappa shape index (κ3) is 3.00. The number of rotatable bonds is 4. The summed E-state index contributed by atoms with van der Waals surface area (Å²) >= 11 is 0. The van der Waals surface area contributed by atoms with Crippen LogP contribution in [0.15, 0.2) is 49.0 Å². The van der Waals surface area contributed by atoms with Crippen molar-refractivity contribution in [1.82, 2.24) is 5.32 Å². The fourth-order valence-electron chi connectivity index (χ4n) is 3.35. The molecule has 0 spiro atoms. The van der Waals surface area contributed by atoms with Crippen molar-refractivity contribution < 1.29 is 0 Å². The minimum atomic E-state index is 0.683. The molecular formula is C21H25N. The van der Waals surface area contributed by atoms with Crippen LogP contribution in [0, 0.1) is 0 Å². The van der Waals surface area contributed by atoms with Crippen LogP contribution in [-0.4, -0.2) is 13.1 Å². The summed E-state index contributed by atoms with van der Waals surface area (Å²) < 4.78 is 0. The second-order valence-electron chi connectivity index (χ2n) is 6.32. The molecule has 2 aromatic rings. The van der Waals surface area contributed by atoms with Gasteiger partial charge in [0, 0.05) is 6.54 Å². The molecule has 1 saturated heterocycles.